The zero-order chi connectivity index (χ0) is 11.6. The van der Waals surface area contributed by atoms with Gasteiger partial charge >= 0.3 is 5.97 Å². The third-order valence-corrected chi connectivity index (χ3v) is 1.91. The Morgan fingerprint density at radius 1 is 1.40 bits per heavy atom. The quantitative estimate of drug-likeness (QED) is 0.714. The summed E-state index contributed by atoms with van der Waals surface area (Å²) in [5.74, 6) is -1.90. The Morgan fingerprint density at radius 3 is 2.47 bits per heavy atom. The predicted octanol–water partition coefficient (Wildman–Crippen LogP) is 1.41. The molecule has 0 aromatic heterocycles. The summed E-state index contributed by atoms with van der Waals surface area (Å²) in [5.41, 5.74) is 4.63. The van der Waals surface area contributed by atoms with Crippen LogP contribution in [0, 0.1) is 0 Å². The molecular formula is C9H9F2NO3. The summed E-state index contributed by atoms with van der Waals surface area (Å²) in [7, 11) is 0. The fraction of sp³-hybridized carbons (Fsp3) is 0.222. The highest BCUT2D eigenvalue weighted by Gasteiger charge is 2.19. The molecule has 0 amide bonds. The van der Waals surface area contributed by atoms with E-state index in [-0.39, 0.29) is 5.56 Å². The van der Waals surface area contributed by atoms with E-state index in [4.69, 9.17) is 15.9 Å². The van der Waals surface area contributed by atoms with Gasteiger partial charge in [0, 0.05) is 0 Å². The molecule has 0 heterocycles. The summed E-state index contributed by atoms with van der Waals surface area (Å²) in [6.07, 6.45) is -2.87. The van der Waals surface area contributed by atoms with Crippen molar-refractivity contribution in [3.8, 4) is 5.75 Å². The van der Waals surface area contributed by atoms with Crippen LogP contribution < -0.4 is 5.73 Å². The van der Waals surface area contributed by atoms with Crippen molar-refractivity contribution in [3.05, 3.63) is 29.3 Å². The van der Waals surface area contributed by atoms with Crippen molar-refractivity contribution >= 4 is 5.97 Å². The Labute approximate surface area is 83.9 Å². The van der Waals surface area contributed by atoms with Gasteiger partial charge in [0.05, 0.1) is 5.56 Å². The third kappa shape index (κ3) is 2.41. The molecule has 82 valence electrons. The van der Waals surface area contributed by atoms with Crippen LogP contribution in [0.25, 0.3) is 0 Å². The number of aliphatic carboxylic acids is 1. The van der Waals surface area contributed by atoms with E-state index in [1.54, 1.807) is 0 Å². The first-order valence-electron chi connectivity index (χ1n) is 4.03. The lowest BCUT2D eigenvalue weighted by Gasteiger charge is -2.09. The smallest absolute Gasteiger partial charge is 0.325 e. The molecule has 0 bridgehead atoms. The molecule has 0 saturated carbocycles. The summed E-state index contributed by atoms with van der Waals surface area (Å²) >= 11 is 0. The number of carbonyl (C=O) groups is 1. The third-order valence-electron chi connectivity index (χ3n) is 1.91. The van der Waals surface area contributed by atoms with Crippen LogP contribution in [-0.4, -0.2) is 16.2 Å². The lowest BCUT2D eigenvalue weighted by molar-refractivity contribution is -0.138. The van der Waals surface area contributed by atoms with Crippen LogP contribution in [0.1, 0.15) is 23.6 Å². The molecule has 6 heteroatoms. The van der Waals surface area contributed by atoms with Gasteiger partial charge in [0.15, 0.2) is 0 Å². The molecule has 0 fully saturated rings. The summed E-state index contributed by atoms with van der Waals surface area (Å²) in [5, 5.41) is 17.6. The molecule has 0 radical (unpaired) electrons. The van der Waals surface area contributed by atoms with Crippen molar-refractivity contribution in [2.75, 3.05) is 0 Å². The largest absolute Gasteiger partial charge is 0.507 e. The molecule has 0 aliphatic heterocycles. The molecule has 4 nitrogen and oxygen atoms in total. The Balaban J connectivity index is 3.13. The molecule has 4 N–H and O–H groups in total. The van der Waals surface area contributed by atoms with Gasteiger partial charge in [-0.05, 0) is 17.7 Å². The minimum atomic E-state index is -2.87. The van der Waals surface area contributed by atoms with Crippen LogP contribution in [0.15, 0.2) is 18.2 Å². The van der Waals surface area contributed by atoms with E-state index in [1.807, 2.05) is 0 Å². The van der Waals surface area contributed by atoms with Gasteiger partial charge in [-0.15, -0.1) is 0 Å². The molecule has 15 heavy (non-hydrogen) atoms. The van der Waals surface area contributed by atoms with Gasteiger partial charge in [-0.1, -0.05) is 6.07 Å². The van der Waals surface area contributed by atoms with Crippen LogP contribution in [-0.2, 0) is 4.79 Å². The first-order valence-corrected chi connectivity index (χ1v) is 4.03. The van der Waals surface area contributed by atoms with Crippen molar-refractivity contribution in [3.63, 3.8) is 0 Å². The minimum Gasteiger partial charge on any atom is -0.507 e. The highest BCUT2D eigenvalue weighted by atomic mass is 19.3. The van der Waals surface area contributed by atoms with E-state index >= 15 is 0 Å². The molecule has 1 atom stereocenters. The Hall–Kier alpha value is -1.69. The van der Waals surface area contributed by atoms with Gasteiger partial charge in [0.1, 0.15) is 11.8 Å². The molecule has 1 unspecified atom stereocenters. The van der Waals surface area contributed by atoms with Crippen LogP contribution in [0.3, 0.4) is 0 Å². The summed E-state index contributed by atoms with van der Waals surface area (Å²) < 4.78 is 24.6. The fourth-order valence-electron chi connectivity index (χ4n) is 1.08. The first kappa shape index (κ1) is 11.4. The number of hydrogen-bond acceptors (Lipinski definition) is 3. The maximum absolute atomic E-state index is 12.3. The van der Waals surface area contributed by atoms with E-state index in [0.29, 0.717) is 0 Å². The number of halogens is 2. The Morgan fingerprint density at radius 2 is 2.00 bits per heavy atom. The summed E-state index contributed by atoms with van der Waals surface area (Å²) in [4.78, 5) is 10.5. The number of carboxylic acids is 1. The van der Waals surface area contributed by atoms with Crippen molar-refractivity contribution < 1.29 is 23.8 Å². The molecule has 1 rings (SSSR count). The number of alkyl halides is 2. The van der Waals surface area contributed by atoms with Crippen molar-refractivity contribution in [2.45, 2.75) is 12.5 Å². The second kappa shape index (κ2) is 4.22. The maximum Gasteiger partial charge on any atom is 0.325 e. The molecular weight excluding hydrogens is 208 g/mol. The Kier molecular flexibility index (Phi) is 3.21. The number of phenolic OH excluding ortho intramolecular Hbond substituents is 1. The molecule has 0 aliphatic carbocycles. The van der Waals surface area contributed by atoms with Crippen molar-refractivity contribution in [1.82, 2.24) is 0 Å². The number of phenols is 1. The Bertz CT molecular complexity index is 382. The average molecular weight is 217 g/mol. The number of aromatic hydroxyl groups is 1. The van der Waals surface area contributed by atoms with Crippen LogP contribution >= 0.6 is 0 Å². The van der Waals surface area contributed by atoms with E-state index < -0.39 is 29.7 Å². The van der Waals surface area contributed by atoms with Crippen LogP contribution in [0.4, 0.5) is 8.78 Å². The summed E-state index contributed by atoms with van der Waals surface area (Å²) in [6, 6.07) is 1.71. The molecule has 0 saturated heterocycles. The van der Waals surface area contributed by atoms with Gasteiger partial charge in [-0.2, -0.15) is 0 Å². The topological polar surface area (TPSA) is 83.6 Å². The molecule has 0 aliphatic rings. The lowest BCUT2D eigenvalue weighted by atomic mass is 10.0. The van der Waals surface area contributed by atoms with Crippen molar-refractivity contribution in [1.29, 1.82) is 0 Å². The van der Waals surface area contributed by atoms with Gasteiger partial charge in [-0.3, -0.25) is 4.79 Å². The van der Waals surface area contributed by atoms with E-state index in [1.165, 1.54) is 6.07 Å². The number of nitrogens with two attached hydrogens (primary N) is 1. The number of benzene rings is 1. The van der Waals surface area contributed by atoms with Gasteiger partial charge < -0.3 is 15.9 Å². The number of hydrogen-bond donors (Lipinski definition) is 3. The highest BCUT2D eigenvalue weighted by Crippen LogP contribution is 2.30. The van der Waals surface area contributed by atoms with Crippen LogP contribution in [0.5, 0.6) is 5.75 Å². The zero-order valence-electron chi connectivity index (χ0n) is 7.52. The lowest BCUT2D eigenvalue weighted by Crippen LogP contribution is -2.20. The van der Waals surface area contributed by atoms with Crippen LogP contribution in [0.2, 0.25) is 0 Å². The van der Waals surface area contributed by atoms with E-state index in [2.05, 4.69) is 0 Å². The first-order chi connectivity index (χ1) is 6.93. The van der Waals surface area contributed by atoms with E-state index in [0.717, 1.165) is 12.1 Å². The summed E-state index contributed by atoms with van der Waals surface area (Å²) in [6.45, 7) is 0. The fourth-order valence-corrected chi connectivity index (χ4v) is 1.08. The molecule has 1 aromatic carbocycles. The standard InChI is InChI=1S/C9H9F2NO3/c10-8(11)5-3-4(1-2-6(5)13)7(12)9(14)15/h1-3,7-8,13H,12H2,(H,14,15). The monoisotopic (exact) mass is 217 g/mol. The number of rotatable bonds is 3. The van der Waals surface area contributed by atoms with Gasteiger partial charge in [0.25, 0.3) is 6.43 Å². The molecule has 0 spiro atoms. The van der Waals surface area contributed by atoms with E-state index in [9.17, 15) is 13.6 Å². The second-order valence-corrected chi connectivity index (χ2v) is 2.93. The second-order valence-electron chi connectivity index (χ2n) is 2.93. The van der Waals surface area contributed by atoms with Gasteiger partial charge in [-0.25, -0.2) is 8.78 Å². The predicted molar refractivity (Wildman–Crippen MR) is 47.6 cm³/mol. The zero-order valence-corrected chi connectivity index (χ0v) is 7.52. The number of carboxylic acid groups (broad SMARTS) is 1. The van der Waals surface area contributed by atoms with Gasteiger partial charge in [0.2, 0.25) is 0 Å². The molecule has 1 aromatic rings. The van der Waals surface area contributed by atoms with Crippen molar-refractivity contribution in [2.24, 2.45) is 5.73 Å². The average Bonchev–Trinajstić information content (AvgIpc) is 2.16. The SMILES string of the molecule is NC(C(=O)O)c1ccc(O)c(C(F)F)c1. The minimum absolute atomic E-state index is 0.0237. The maximum atomic E-state index is 12.3. The normalized spacial score (nSPS) is 12.8. The highest BCUT2D eigenvalue weighted by molar-refractivity contribution is 5.75.